The second-order valence-corrected chi connectivity index (χ2v) is 5.56. The second-order valence-electron chi connectivity index (χ2n) is 4.52. The van der Waals surface area contributed by atoms with Crippen LogP contribution in [-0.4, -0.2) is 35.8 Å². The lowest BCUT2D eigenvalue weighted by molar-refractivity contribution is 0.295. The largest absolute Gasteiger partial charge is 0.303 e. The Morgan fingerprint density at radius 1 is 1.50 bits per heavy atom. The number of thioether (sulfide) groups is 1. The molecule has 1 aliphatic heterocycles. The van der Waals surface area contributed by atoms with Crippen LogP contribution in [0.25, 0.3) is 0 Å². The van der Waals surface area contributed by atoms with Crippen LogP contribution >= 0.6 is 11.8 Å². The zero-order valence-corrected chi connectivity index (χ0v) is 10.9. The molecule has 0 N–H and O–H groups in total. The number of nitrogens with zero attached hydrogens (tertiary/aromatic N) is 2. The van der Waals surface area contributed by atoms with Crippen LogP contribution < -0.4 is 0 Å². The Bertz CT molecular complexity index is 315. The molecule has 16 heavy (non-hydrogen) atoms. The monoisotopic (exact) mass is 236 g/mol. The van der Waals surface area contributed by atoms with Gasteiger partial charge < -0.3 is 4.90 Å². The van der Waals surface area contributed by atoms with Crippen molar-refractivity contribution in [2.45, 2.75) is 30.6 Å². The first-order valence-electron chi connectivity index (χ1n) is 5.94. The van der Waals surface area contributed by atoms with E-state index in [9.17, 15) is 0 Å². The fraction of sp³-hybridized carbons (Fsp3) is 0.615. The zero-order chi connectivity index (χ0) is 11.4. The van der Waals surface area contributed by atoms with E-state index in [0.29, 0.717) is 5.25 Å². The number of hydrogen-bond donors (Lipinski definition) is 0. The summed E-state index contributed by atoms with van der Waals surface area (Å²) in [5.74, 6) is 0. The van der Waals surface area contributed by atoms with Gasteiger partial charge in [-0.05, 0) is 56.8 Å². The van der Waals surface area contributed by atoms with Crippen molar-refractivity contribution in [2.75, 3.05) is 19.8 Å². The third-order valence-corrected chi connectivity index (χ3v) is 4.55. The molecule has 88 valence electrons. The molecular formula is C13H20N2S. The number of hydrogen-bond acceptors (Lipinski definition) is 3. The molecule has 0 spiro atoms. The first kappa shape index (κ1) is 11.9. The van der Waals surface area contributed by atoms with Gasteiger partial charge in [-0.15, -0.1) is 0 Å². The molecule has 1 aromatic rings. The fourth-order valence-electron chi connectivity index (χ4n) is 2.47. The lowest BCUT2D eigenvalue weighted by Crippen LogP contribution is -2.26. The lowest BCUT2D eigenvalue weighted by Gasteiger charge is -2.24. The van der Waals surface area contributed by atoms with Gasteiger partial charge in [0.1, 0.15) is 0 Å². The molecule has 1 saturated heterocycles. The molecule has 1 aromatic heterocycles. The predicted molar refractivity (Wildman–Crippen MR) is 70.8 cm³/mol. The summed E-state index contributed by atoms with van der Waals surface area (Å²) in [5, 5.41) is 0.619. The third kappa shape index (κ3) is 2.77. The molecule has 0 aromatic carbocycles. The van der Waals surface area contributed by atoms with Crippen LogP contribution in [0.2, 0.25) is 0 Å². The van der Waals surface area contributed by atoms with Crippen molar-refractivity contribution in [3.63, 3.8) is 0 Å². The molecule has 2 nitrogen and oxygen atoms in total. The molecule has 2 unspecified atom stereocenters. The van der Waals surface area contributed by atoms with Crippen molar-refractivity contribution in [3.8, 4) is 0 Å². The standard InChI is InChI=1S/C13H20N2S/c1-15-9-3-4-12(15)10-13(16-2)11-5-7-14-8-6-11/h5-8,12-13H,3-4,9-10H2,1-2H3. The van der Waals surface area contributed by atoms with Gasteiger partial charge in [0.15, 0.2) is 0 Å². The first-order valence-corrected chi connectivity index (χ1v) is 7.23. The average Bonchev–Trinajstić information content (AvgIpc) is 2.73. The van der Waals surface area contributed by atoms with Crippen molar-refractivity contribution in [1.29, 1.82) is 0 Å². The molecule has 3 heteroatoms. The summed E-state index contributed by atoms with van der Waals surface area (Å²) in [7, 11) is 2.25. The molecule has 0 radical (unpaired) electrons. The van der Waals surface area contributed by atoms with Crippen LogP contribution in [0.1, 0.15) is 30.1 Å². The molecule has 0 saturated carbocycles. The summed E-state index contributed by atoms with van der Waals surface area (Å²) >= 11 is 1.96. The van der Waals surface area contributed by atoms with Gasteiger partial charge in [-0.25, -0.2) is 0 Å². The highest BCUT2D eigenvalue weighted by atomic mass is 32.2. The lowest BCUT2D eigenvalue weighted by atomic mass is 10.0. The van der Waals surface area contributed by atoms with E-state index in [4.69, 9.17) is 0 Å². The van der Waals surface area contributed by atoms with Crippen LogP contribution in [0.5, 0.6) is 0 Å². The Labute approximate surface area is 102 Å². The maximum absolute atomic E-state index is 4.09. The Morgan fingerprint density at radius 3 is 2.81 bits per heavy atom. The summed E-state index contributed by atoms with van der Waals surface area (Å²) in [6.45, 7) is 1.27. The van der Waals surface area contributed by atoms with E-state index >= 15 is 0 Å². The minimum atomic E-state index is 0.619. The van der Waals surface area contributed by atoms with Gasteiger partial charge in [0.2, 0.25) is 0 Å². The van der Waals surface area contributed by atoms with E-state index in [-0.39, 0.29) is 0 Å². The summed E-state index contributed by atoms with van der Waals surface area (Å²) in [4.78, 5) is 6.59. The second kappa shape index (κ2) is 5.69. The van der Waals surface area contributed by atoms with Crippen LogP contribution in [0.4, 0.5) is 0 Å². The molecule has 2 heterocycles. The first-order chi connectivity index (χ1) is 7.81. The van der Waals surface area contributed by atoms with Crippen LogP contribution in [0, 0.1) is 0 Å². The Hall–Kier alpha value is -0.540. The molecule has 1 aliphatic rings. The number of aromatic nitrogens is 1. The number of pyridine rings is 1. The van der Waals surface area contributed by atoms with E-state index in [1.54, 1.807) is 0 Å². The van der Waals surface area contributed by atoms with Crippen molar-refractivity contribution in [1.82, 2.24) is 9.88 Å². The summed E-state index contributed by atoms with van der Waals surface area (Å²) < 4.78 is 0. The van der Waals surface area contributed by atoms with Gasteiger partial charge >= 0.3 is 0 Å². The molecular weight excluding hydrogens is 216 g/mol. The number of rotatable bonds is 4. The van der Waals surface area contributed by atoms with E-state index in [2.05, 4.69) is 35.3 Å². The average molecular weight is 236 g/mol. The molecule has 2 rings (SSSR count). The predicted octanol–water partition coefficient (Wildman–Crippen LogP) is 2.97. The summed E-state index contributed by atoms with van der Waals surface area (Å²) in [6, 6.07) is 5.07. The summed E-state index contributed by atoms with van der Waals surface area (Å²) in [6.07, 6.45) is 9.99. The highest BCUT2D eigenvalue weighted by molar-refractivity contribution is 7.98. The van der Waals surface area contributed by atoms with Gasteiger partial charge in [0, 0.05) is 23.7 Å². The maximum Gasteiger partial charge on any atom is 0.0310 e. The fourth-order valence-corrected chi connectivity index (χ4v) is 3.31. The SMILES string of the molecule is CSC(CC1CCCN1C)c1ccncc1. The van der Waals surface area contributed by atoms with E-state index in [0.717, 1.165) is 6.04 Å². The van der Waals surface area contributed by atoms with Gasteiger partial charge in [-0.3, -0.25) is 4.98 Å². The van der Waals surface area contributed by atoms with Gasteiger partial charge in [-0.1, -0.05) is 0 Å². The van der Waals surface area contributed by atoms with Crippen LogP contribution in [0.15, 0.2) is 24.5 Å². The van der Waals surface area contributed by atoms with E-state index in [1.165, 1.54) is 31.4 Å². The quantitative estimate of drug-likeness (QED) is 0.799. The topological polar surface area (TPSA) is 16.1 Å². The minimum Gasteiger partial charge on any atom is -0.303 e. The zero-order valence-electron chi connectivity index (χ0n) is 10.1. The van der Waals surface area contributed by atoms with Crippen molar-refractivity contribution in [2.24, 2.45) is 0 Å². The molecule has 2 atom stereocenters. The Balaban J connectivity index is 2.00. The van der Waals surface area contributed by atoms with Crippen molar-refractivity contribution >= 4 is 11.8 Å². The molecule has 0 bridgehead atoms. The third-order valence-electron chi connectivity index (χ3n) is 3.52. The van der Waals surface area contributed by atoms with Gasteiger partial charge in [0.05, 0.1) is 0 Å². The van der Waals surface area contributed by atoms with Gasteiger partial charge in [-0.2, -0.15) is 11.8 Å². The Kier molecular flexibility index (Phi) is 4.24. The van der Waals surface area contributed by atoms with Crippen molar-refractivity contribution in [3.05, 3.63) is 30.1 Å². The highest BCUT2D eigenvalue weighted by Crippen LogP contribution is 2.34. The van der Waals surface area contributed by atoms with E-state index in [1.807, 2.05) is 24.2 Å². The minimum absolute atomic E-state index is 0.619. The van der Waals surface area contributed by atoms with Crippen LogP contribution in [0.3, 0.4) is 0 Å². The maximum atomic E-state index is 4.09. The summed E-state index contributed by atoms with van der Waals surface area (Å²) in [5.41, 5.74) is 1.42. The van der Waals surface area contributed by atoms with Gasteiger partial charge in [0.25, 0.3) is 0 Å². The normalized spacial score (nSPS) is 23.5. The van der Waals surface area contributed by atoms with Crippen molar-refractivity contribution < 1.29 is 0 Å². The molecule has 1 fully saturated rings. The number of likely N-dealkylation sites (tertiary alicyclic amines) is 1. The highest BCUT2D eigenvalue weighted by Gasteiger charge is 2.24. The van der Waals surface area contributed by atoms with Crippen LogP contribution in [-0.2, 0) is 0 Å². The van der Waals surface area contributed by atoms with E-state index < -0.39 is 0 Å². The molecule has 0 amide bonds. The Morgan fingerprint density at radius 2 is 2.25 bits per heavy atom. The smallest absolute Gasteiger partial charge is 0.0310 e. The molecule has 0 aliphatic carbocycles.